The maximum Gasteiger partial charge on any atom is 0.331 e. The number of nitrogens with zero attached hydrogens (tertiary/aromatic N) is 4. The van der Waals surface area contributed by atoms with E-state index in [1.807, 2.05) is 133 Å². The van der Waals surface area contributed by atoms with Crippen molar-refractivity contribution in [3.05, 3.63) is 201 Å². The van der Waals surface area contributed by atoms with Gasteiger partial charge in [-0.2, -0.15) is 0 Å². The van der Waals surface area contributed by atoms with Gasteiger partial charge >= 0.3 is 17.8 Å². The van der Waals surface area contributed by atoms with Gasteiger partial charge in [0, 0.05) is 76.5 Å². The molecule has 0 N–H and O–H groups in total. The number of hydrogen-bond acceptors (Lipinski definition) is 10. The zero-order valence-electron chi connectivity index (χ0n) is 36.6. The lowest BCUT2D eigenvalue weighted by molar-refractivity contribution is -0.523. The molecule has 14 heteroatoms. The van der Waals surface area contributed by atoms with Crippen molar-refractivity contribution >= 4 is 46.5 Å². The van der Waals surface area contributed by atoms with Gasteiger partial charge in [-0.25, -0.2) is 9.59 Å². The highest BCUT2D eigenvalue weighted by Crippen LogP contribution is 2.27. The van der Waals surface area contributed by atoms with E-state index in [1.54, 1.807) is 24.8 Å². The van der Waals surface area contributed by atoms with Crippen molar-refractivity contribution in [1.82, 2.24) is 0 Å². The van der Waals surface area contributed by atoms with E-state index < -0.39 is 42.1 Å². The van der Waals surface area contributed by atoms with Crippen molar-refractivity contribution in [3.8, 4) is 11.8 Å². The summed E-state index contributed by atoms with van der Waals surface area (Å²) in [6, 6.07) is 35.6. The van der Waals surface area contributed by atoms with Crippen LogP contribution in [0.4, 0.5) is 22.7 Å². The van der Waals surface area contributed by atoms with Crippen molar-refractivity contribution in [2.45, 2.75) is 76.7 Å². The maximum absolute atomic E-state index is 13.0. The Bertz CT molecular complexity index is 2450. The molecule has 0 spiro atoms. The van der Waals surface area contributed by atoms with Gasteiger partial charge in [0.1, 0.15) is 6.10 Å². The number of ether oxygens (including phenoxy) is 2. The minimum absolute atomic E-state index is 0.274. The minimum Gasteiger partial charge on any atom is -0.455 e. The lowest BCUT2D eigenvalue weighted by Gasteiger charge is -2.21. The van der Waals surface area contributed by atoms with Crippen molar-refractivity contribution in [2.24, 2.45) is 0 Å². The molecule has 0 heterocycles. The Morgan fingerprint density at radius 1 is 0.606 bits per heavy atom. The molecule has 66 heavy (non-hydrogen) atoms. The molecule has 4 aromatic rings. The Hall–Kier alpha value is -8.18. The number of rotatable bonds is 14. The fourth-order valence-corrected chi connectivity index (χ4v) is 6.93. The summed E-state index contributed by atoms with van der Waals surface area (Å²) in [7, 11) is 0. The van der Waals surface area contributed by atoms with Crippen LogP contribution in [0.25, 0.3) is 0 Å². The van der Waals surface area contributed by atoms with Gasteiger partial charge in [0.25, 0.3) is 5.91 Å². The van der Waals surface area contributed by atoms with Crippen LogP contribution in [-0.4, -0.2) is 57.9 Å². The van der Waals surface area contributed by atoms with Gasteiger partial charge in [0.15, 0.2) is 6.10 Å². The Kier molecular flexibility index (Phi) is 18.6. The first-order chi connectivity index (χ1) is 31.9. The second-order valence-corrected chi connectivity index (χ2v) is 15.2. The zero-order valence-corrected chi connectivity index (χ0v) is 36.6. The first kappa shape index (κ1) is 48.8. The Morgan fingerprint density at radius 3 is 1.41 bits per heavy atom. The van der Waals surface area contributed by atoms with E-state index >= 15 is 0 Å². The highest BCUT2D eigenvalue weighted by Gasteiger charge is 2.25. The average molecular weight is 891 g/mol. The zero-order chi connectivity index (χ0) is 47.3. The molecule has 338 valence electrons. The first-order valence-corrected chi connectivity index (χ1v) is 21.4. The van der Waals surface area contributed by atoms with Gasteiger partial charge in [-0.1, -0.05) is 97.1 Å². The van der Waals surface area contributed by atoms with E-state index in [2.05, 4.69) is 11.8 Å². The van der Waals surface area contributed by atoms with E-state index in [1.165, 1.54) is 35.3 Å². The molecule has 6 rings (SSSR count). The molecule has 0 saturated heterocycles. The van der Waals surface area contributed by atoms with Gasteiger partial charge in [0.2, 0.25) is 12.1 Å². The molecule has 2 aliphatic rings. The van der Waals surface area contributed by atoms with Crippen LogP contribution in [0.3, 0.4) is 0 Å². The Balaban J connectivity index is 0.000000247. The van der Waals surface area contributed by atoms with Crippen LogP contribution in [0.2, 0.25) is 0 Å². The summed E-state index contributed by atoms with van der Waals surface area (Å²) < 4.78 is 10.5. The van der Waals surface area contributed by atoms with Crippen molar-refractivity contribution in [3.63, 3.8) is 0 Å². The van der Waals surface area contributed by atoms with Gasteiger partial charge in [-0.3, -0.25) is 39.6 Å². The minimum atomic E-state index is -0.814. The number of nitro groups is 2. The molecular formula is C52H50N4O10. The predicted octanol–water partition coefficient (Wildman–Crippen LogP) is 9.75. The molecule has 4 aromatic carbocycles. The summed E-state index contributed by atoms with van der Waals surface area (Å²) >= 11 is 0. The number of esters is 2. The number of benzene rings is 4. The maximum atomic E-state index is 13.0. The molecule has 14 nitrogen and oxygen atoms in total. The third-order valence-corrected chi connectivity index (χ3v) is 10.2. The normalized spacial score (nSPS) is 16.5. The summed E-state index contributed by atoms with van der Waals surface area (Å²) in [6.45, 7) is 3.23. The van der Waals surface area contributed by atoms with Crippen LogP contribution in [0.15, 0.2) is 181 Å². The number of para-hydroxylation sites is 4. The molecule has 2 aliphatic carbocycles. The third kappa shape index (κ3) is 15.6. The lowest BCUT2D eigenvalue weighted by Crippen LogP contribution is -2.24. The summed E-state index contributed by atoms with van der Waals surface area (Å²) in [5.74, 6) is 3.29. The van der Waals surface area contributed by atoms with Crippen molar-refractivity contribution in [1.29, 1.82) is 0 Å². The predicted molar refractivity (Wildman–Crippen MR) is 252 cm³/mol. The first-order valence-electron chi connectivity index (χ1n) is 21.4. The van der Waals surface area contributed by atoms with Gasteiger partial charge < -0.3 is 9.47 Å². The van der Waals surface area contributed by atoms with E-state index in [4.69, 9.17) is 9.47 Å². The molecular weight excluding hydrogens is 841 g/mol. The number of anilines is 4. The highest BCUT2D eigenvalue weighted by atomic mass is 16.6. The van der Waals surface area contributed by atoms with Crippen LogP contribution in [0.1, 0.15) is 52.4 Å². The smallest absolute Gasteiger partial charge is 0.331 e. The molecule has 0 aromatic heterocycles. The van der Waals surface area contributed by atoms with Gasteiger partial charge in [0.05, 0.1) is 0 Å². The van der Waals surface area contributed by atoms with E-state index in [0.717, 1.165) is 22.5 Å². The Labute approximate surface area is 383 Å². The highest BCUT2D eigenvalue weighted by molar-refractivity contribution is 6.11. The molecule has 0 fully saturated rings. The SMILES string of the molecule is C[C@H](/C=C\C(=O)N(c1ccccc1)c1ccccc1)OC(=O)/C=C/C1=CCCC([N+](=O)[O-])C1.C[C@H](C#CC(=O)N(c1ccccc1)c1ccccc1)OC(=O)/C=C/C1=CCCC([N+](=O)[O-])C1. The van der Waals surface area contributed by atoms with Crippen molar-refractivity contribution < 1.29 is 38.5 Å². The quantitative estimate of drug-likeness (QED) is 0.0389. The molecule has 0 radical (unpaired) electrons. The largest absolute Gasteiger partial charge is 0.455 e. The molecule has 0 saturated carbocycles. The average Bonchev–Trinajstić information content (AvgIpc) is 3.33. The third-order valence-electron chi connectivity index (χ3n) is 10.2. The number of carbonyl (C=O) groups is 4. The lowest BCUT2D eigenvalue weighted by atomic mass is 9.95. The van der Waals surface area contributed by atoms with E-state index in [9.17, 15) is 39.4 Å². The van der Waals surface area contributed by atoms with Crippen LogP contribution in [0.5, 0.6) is 0 Å². The van der Waals surface area contributed by atoms with E-state index in [-0.39, 0.29) is 22.2 Å². The van der Waals surface area contributed by atoms with Crippen LogP contribution >= 0.6 is 0 Å². The summed E-state index contributed by atoms with van der Waals surface area (Å²) in [5, 5.41) is 21.9. The van der Waals surface area contributed by atoms with Crippen LogP contribution in [-0.2, 0) is 28.7 Å². The molecule has 0 aliphatic heterocycles. The molecule has 4 atom stereocenters. The number of amides is 2. The number of carbonyl (C=O) groups excluding carboxylic acids is 4. The number of hydrogen-bond donors (Lipinski definition) is 0. The van der Waals surface area contributed by atoms with Crippen LogP contribution < -0.4 is 9.80 Å². The molecule has 0 bridgehead atoms. The standard InChI is InChI=1S/C26H26N2O5.C26H24N2O5/c2*1-20(33-26(30)18-16-21-9-8-14-24(19-21)28(31)32)15-17-25(29)27(22-10-4-2-5-11-22)23-12-6-3-7-13-23/h2-7,9-13,15-18,20,24H,8,14,19H2,1H3;2-7,9-13,16,18,20,24H,8,14,19H2,1H3/b17-15-,18-16+;18-16+/t2*20-,24?/m11/s1. The second-order valence-electron chi connectivity index (χ2n) is 15.2. The molecule has 2 amide bonds. The summed E-state index contributed by atoms with van der Waals surface area (Å²) in [6.07, 6.45) is 13.6. The van der Waals surface area contributed by atoms with Gasteiger partial charge in [-0.05, 0) is 104 Å². The topological polar surface area (TPSA) is 179 Å². The van der Waals surface area contributed by atoms with E-state index in [0.29, 0.717) is 43.5 Å². The summed E-state index contributed by atoms with van der Waals surface area (Å²) in [5.41, 5.74) is 4.27. The van der Waals surface area contributed by atoms with Crippen LogP contribution in [0, 0.1) is 32.1 Å². The molecule has 2 unspecified atom stereocenters. The fourth-order valence-electron chi connectivity index (χ4n) is 6.93. The van der Waals surface area contributed by atoms with Gasteiger partial charge in [-0.15, -0.1) is 0 Å². The number of allylic oxidation sites excluding steroid dienone is 4. The fraction of sp³-hybridized carbons (Fsp3) is 0.231. The second kappa shape index (κ2) is 25.2. The van der Waals surface area contributed by atoms with Crippen molar-refractivity contribution in [2.75, 3.05) is 9.80 Å². The Morgan fingerprint density at radius 2 is 1.00 bits per heavy atom. The summed E-state index contributed by atoms with van der Waals surface area (Å²) in [4.78, 5) is 74.5. The monoisotopic (exact) mass is 890 g/mol.